The summed E-state index contributed by atoms with van der Waals surface area (Å²) in [6, 6.07) is 0. The van der Waals surface area contributed by atoms with E-state index in [-0.39, 0.29) is 18.7 Å². The average Bonchev–Trinajstić information content (AvgIpc) is 2.64. The minimum Gasteiger partial charge on any atom is -0.444 e. The number of ether oxygens (including phenoxy) is 1. The zero-order valence-electron chi connectivity index (χ0n) is 10.0. The number of alkyl carbamates (subject to hydrolysis) is 1. The predicted molar refractivity (Wildman–Crippen MR) is 62.9 cm³/mol. The number of ketones is 1. The SMILES string of the molecule is CC(C)(C)OC(=O)NCC(=O)Cc1csnn1. The van der Waals surface area contributed by atoms with Crippen molar-refractivity contribution < 1.29 is 14.3 Å². The maximum Gasteiger partial charge on any atom is 0.408 e. The Hall–Kier alpha value is -1.50. The molecular weight excluding hydrogens is 242 g/mol. The van der Waals surface area contributed by atoms with Gasteiger partial charge in [-0.05, 0) is 32.3 Å². The fourth-order valence-corrected chi connectivity index (χ4v) is 1.46. The number of hydrogen-bond acceptors (Lipinski definition) is 6. The van der Waals surface area contributed by atoms with Gasteiger partial charge < -0.3 is 10.1 Å². The van der Waals surface area contributed by atoms with E-state index in [0.717, 1.165) is 0 Å². The zero-order valence-corrected chi connectivity index (χ0v) is 10.8. The van der Waals surface area contributed by atoms with Crippen LogP contribution in [0, 0.1) is 0 Å². The molecule has 94 valence electrons. The van der Waals surface area contributed by atoms with E-state index in [1.807, 2.05) is 0 Å². The molecule has 1 heterocycles. The molecule has 1 amide bonds. The maximum absolute atomic E-state index is 11.4. The van der Waals surface area contributed by atoms with E-state index >= 15 is 0 Å². The number of amides is 1. The molecule has 7 heteroatoms. The molecule has 0 fully saturated rings. The normalized spacial score (nSPS) is 11.0. The minimum absolute atomic E-state index is 0.0631. The molecule has 0 atom stereocenters. The van der Waals surface area contributed by atoms with Gasteiger partial charge in [0.15, 0.2) is 5.78 Å². The van der Waals surface area contributed by atoms with Crippen LogP contribution in [0.2, 0.25) is 0 Å². The number of carbonyl (C=O) groups is 2. The van der Waals surface area contributed by atoms with E-state index in [2.05, 4.69) is 14.9 Å². The fourth-order valence-electron chi connectivity index (χ4n) is 1.01. The smallest absolute Gasteiger partial charge is 0.408 e. The second-order valence-corrected chi connectivity index (χ2v) is 5.08. The van der Waals surface area contributed by atoms with Crippen LogP contribution in [0.4, 0.5) is 4.79 Å². The molecule has 0 spiro atoms. The van der Waals surface area contributed by atoms with Crippen molar-refractivity contribution in [2.45, 2.75) is 32.8 Å². The molecule has 0 saturated carbocycles. The van der Waals surface area contributed by atoms with Gasteiger partial charge in [0.1, 0.15) is 5.60 Å². The van der Waals surface area contributed by atoms with Crippen molar-refractivity contribution in [1.29, 1.82) is 0 Å². The Kier molecular flexibility index (Phi) is 4.56. The number of carbonyl (C=O) groups excluding carboxylic acids is 2. The quantitative estimate of drug-likeness (QED) is 0.875. The molecule has 0 saturated heterocycles. The zero-order chi connectivity index (χ0) is 12.9. The number of aromatic nitrogens is 2. The van der Waals surface area contributed by atoms with Crippen molar-refractivity contribution in [3.05, 3.63) is 11.1 Å². The van der Waals surface area contributed by atoms with Gasteiger partial charge in [-0.3, -0.25) is 4.79 Å². The van der Waals surface area contributed by atoms with Gasteiger partial charge in [-0.2, -0.15) is 0 Å². The lowest BCUT2D eigenvalue weighted by Crippen LogP contribution is -2.35. The summed E-state index contributed by atoms with van der Waals surface area (Å²) in [5.74, 6) is -0.136. The van der Waals surface area contributed by atoms with Crippen molar-refractivity contribution >= 4 is 23.4 Å². The molecule has 0 aliphatic heterocycles. The highest BCUT2D eigenvalue weighted by molar-refractivity contribution is 7.03. The molecule has 0 radical (unpaired) electrons. The Bertz CT molecular complexity index is 384. The Morgan fingerprint density at radius 2 is 2.18 bits per heavy atom. The largest absolute Gasteiger partial charge is 0.444 e. The fraction of sp³-hybridized carbons (Fsp3) is 0.600. The Labute approximate surface area is 104 Å². The molecule has 1 aromatic rings. The second kappa shape index (κ2) is 5.72. The first-order valence-corrected chi connectivity index (χ1v) is 5.95. The molecule has 0 aliphatic rings. The van der Waals surface area contributed by atoms with Crippen LogP contribution in [0.3, 0.4) is 0 Å². The topological polar surface area (TPSA) is 81.2 Å². The molecule has 6 nitrogen and oxygen atoms in total. The van der Waals surface area contributed by atoms with Crippen molar-refractivity contribution in [1.82, 2.24) is 14.9 Å². The van der Waals surface area contributed by atoms with Crippen LogP contribution in [-0.2, 0) is 16.0 Å². The minimum atomic E-state index is -0.595. The Morgan fingerprint density at radius 1 is 1.47 bits per heavy atom. The van der Waals surface area contributed by atoms with Gasteiger partial charge >= 0.3 is 6.09 Å². The summed E-state index contributed by atoms with van der Waals surface area (Å²) in [5, 5.41) is 7.84. The highest BCUT2D eigenvalue weighted by Gasteiger charge is 2.16. The molecule has 0 aliphatic carbocycles. The van der Waals surface area contributed by atoms with Crippen LogP contribution in [0.5, 0.6) is 0 Å². The standard InChI is InChI=1S/C10H15N3O3S/c1-10(2,3)16-9(15)11-5-8(14)4-7-6-17-13-12-7/h6H,4-5H2,1-3H3,(H,11,15). The number of Topliss-reactive ketones (excluding diaryl/α,β-unsaturated/α-hetero) is 1. The van der Waals surface area contributed by atoms with E-state index in [0.29, 0.717) is 5.69 Å². The molecular formula is C10H15N3O3S. The van der Waals surface area contributed by atoms with E-state index in [1.54, 1.807) is 26.2 Å². The van der Waals surface area contributed by atoms with Crippen molar-refractivity contribution in [3.8, 4) is 0 Å². The van der Waals surface area contributed by atoms with Crippen LogP contribution >= 0.6 is 11.5 Å². The molecule has 1 N–H and O–H groups in total. The summed E-state index contributed by atoms with van der Waals surface area (Å²) in [5.41, 5.74) is 0.0531. The molecule has 1 aromatic heterocycles. The van der Waals surface area contributed by atoms with Gasteiger partial charge in [0.05, 0.1) is 18.7 Å². The molecule has 0 bridgehead atoms. The first-order chi connectivity index (χ1) is 7.87. The maximum atomic E-state index is 11.4. The highest BCUT2D eigenvalue weighted by atomic mass is 32.1. The summed E-state index contributed by atoms with van der Waals surface area (Å²) in [6.07, 6.45) is -0.422. The monoisotopic (exact) mass is 257 g/mol. The third kappa shape index (κ3) is 5.96. The summed E-state index contributed by atoms with van der Waals surface area (Å²) < 4.78 is 8.64. The molecule has 1 rings (SSSR count). The van der Waals surface area contributed by atoms with Crippen LogP contribution < -0.4 is 5.32 Å². The average molecular weight is 257 g/mol. The third-order valence-corrected chi connectivity index (χ3v) is 2.17. The first kappa shape index (κ1) is 13.6. The lowest BCUT2D eigenvalue weighted by molar-refractivity contribution is -0.117. The first-order valence-electron chi connectivity index (χ1n) is 5.11. The number of rotatable bonds is 4. The van der Waals surface area contributed by atoms with E-state index in [9.17, 15) is 9.59 Å². The van der Waals surface area contributed by atoms with Gasteiger partial charge in [-0.25, -0.2) is 4.79 Å². The van der Waals surface area contributed by atoms with Crippen molar-refractivity contribution in [2.24, 2.45) is 0 Å². The van der Waals surface area contributed by atoms with Gasteiger partial charge in [0, 0.05) is 5.38 Å². The predicted octanol–water partition coefficient (Wildman–Crippen LogP) is 1.17. The number of hydrogen-bond donors (Lipinski definition) is 1. The Morgan fingerprint density at radius 3 is 2.71 bits per heavy atom. The number of nitrogens with zero attached hydrogens (tertiary/aromatic N) is 2. The van der Waals surface area contributed by atoms with E-state index in [4.69, 9.17) is 4.74 Å². The summed E-state index contributed by atoms with van der Waals surface area (Å²) >= 11 is 1.19. The summed E-state index contributed by atoms with van der Waals surface area (Å²) in [4.78, 5) is 22.7. The van der Waals surface area contributed by atoms with Crippen molar-refractivity contribution in [3.63, 3.8) is 0 Å². The summed E-state index contributed by atoms with van der Waals surface area (Å²) in [6.45, 7) is 5.21. The molecule has 0 unspecified atom stereocenters. The third-order valence-electron chi connectivity index (χ3n) is 1.61. The summed E-state index contributed by atoms with van der Waals surface area (Å²) in [7, 11) is 0. The second-order valence-electron chi connectivity index (χ2n) is 4.47. The van der Waals surface area contributed by atoms with Crippen LogP contribution in [0.25, 0.3) is 0 Å². The van der Waals surface area contributed by atoms with E-state index in [1.165, 1.54) is 11.5 Å². The van der Waals surface area contributed by atoms with Gasteiger partial charge in [0.2, 0.25) is 0 Å². The van der Waals surface area contributed by atoms with Gasteiger partial charge in [-0.15, -0.1) is 5.10 Å². The van der Waals surface area contributed by atoms with Gasteiger partial charge in [-0.1, -0.05) is 4.49 Å². The highest BCUT2D eigenvalue weighted by Crippen LogP contribution is 2.06. The van der Waals surface area contributed by atoms with Crippen LogP contribution in [0.15, 0.2) is 5.38 Å². The van der Waals surface area contributed by atoms with Crippen LogP contribution in [-0.4, -0.2) is 33.6 Å². The Balaban J connectivity index is 2.26. The van der Waals surface area contributed by atoms with Crippen molar-refractivity contribution in [2.75, 3.05) is 6.54 Å². The van der Waals surface area contributed by atoms with Gasteiger partial charge in [0.25, 0.3) is 0 Å². The van der Waals surface area contributed by atoms with Crippen LogP contribution in [0.1, 0.15) is 26.5 Å². The van der Waals surface area contributed by atoms with E-state index < -0.39 is 11.7 Å². The lowest BCUT2D eigenvalue weighted by atomic mass is 10.2. The molecule has 0 aromatic carbocycles. The molecule has 17 heavy (non-hydrogen) atoms. The number of nitrogens with one attached hydrogen (secondary N) is 1. The lowest BCUT2D eigenvalue weighted by Gasteiger charge is -2.19.